The summed E-state index contributed by atoms with van der Waals surface area (Å²) in [4.78, 5) is 4.07. The molecule has 5 rings (SSSR count). The number of hydrogen-bond donors (Lipinski definition) is 0. The van der Waals surface area contributed by atoms with E-state index in [2.05, 4.69) is 114 Å². The second kappa shape index (κ2) is 23.6. The van der Waals surface area contributed by atoms with E-state index in [0.29, 0.717) is 0 Å². The summed E-state index contributed by atoms with van der Waals surface area (Å²) in [5, 5.41) is 0. The van der Waals surface area contributed by atoms with Crippen molar-refractivity contribution in [2.45, 2.75) is 176 Å². The van der Waals surface area contributed by atoms with Crippen molar-refractivity contribution in [2.24, 2.45) is 0 Å². The summed E-state index contributed by atoms with van der Waals surface area (Å²) in [5.74, 6) is 2.91. The van der Waals surface area contributed by atoms with Crippen LogP contribution >= 0.6 is 22.7 Å². The van der Waals surface area contributed by atoms with E-state index in [9.17, 15) is 0 Å². The molecule has 0 fully saturated rings. The number of unbranched alkanes of at least 4 members (excludes halogenated alkanes) is 13. The Morgan fingerprint density at radius 1 is 0.518 bits per heavy atom. The fraction of sp³-hybridized carbons (Fsp3) is 0.600. The van der Waals surface area contributed by atoms with Crippen LogP contribution in [0.15, 0.2) is 60.7 Å². The van der Waals surface area contributed by atoms with Crippen LogP contribution in [0.25, 0.3) is 9.75 Å². The Hall–Kier alpha value is -1.96. The molecule has 0 N–H and O–H groups in total. The van der Waals surface area contributed by atoms with Gasteiger partial charge < -0.3 is 0 Å². The molecule has 0 spiro atoms. The van der Waals surface area contributed by atoms with Crippen LogP contribution in [-0.2, 0) is 5.60 Å². The summed E-state index contributed by atoms with van der Waals surface area (Å²) in [6.07, 6.45) is 23.1. The molecular weight excluding hydrogens is 831 g/mol. The number of fused-ring (bicyclic) bond motifs is 3. The zero-order valence-corrected chi connectivity index (χ0v) is 40.6. The second-order valence-corrected chi connectivity index (χ2v) is 33.0. The molecule has 4 aromatic rings. The van der Waals surface area contributed by atoms with Crippen LogP contribution in [0, 0.1) is 6.92 Å². The standard InChI is InChI=1S/C38H47O3S2.3C4H9.Sn/c1-4-6-8-10-12-14-25-39-32-20-16-30(17-21-32)38(34-24-27-42-36(34)37-35(41-38)28-29(3)43-37)31-18-22-33(23-19-31)40-26-15-13-11-9-7-5-2;3*1-3-4-2;/h16-24,28H,4-15,25-26H2,1-3H3;3*1,3-4H2,2H3;. The van der Waals surface area contributed by atoms with Gasteiger partial charge in [0.2, 0.25) is 0 Å². The molecule has 2 aromatic carbocycles. The van der Waals surface area contributed by atoms with Crippen LogP contribution in [0.3, 0.4) is 0 Å². The quantitative estimate of drug-likeness (QED) is 0.0420. The fourth-order valence-corrected chi connectivity index (χ4v) is 30.0. The average Bonchev–Trinajstić information content (AvgIpc) is 3.84. The van der Waals surface area contributed by atoms with Crippen molar-refractivity contribution < 1.29 is 14.2 Å². The van der Waals surface area contributed by atoms with Gasteiger partial charge in [-0.25, -0.2) is 0 Å². The van der Waals surface area contributed by atoms with E-state index in [0.717, 1.165) is 43.3 Å². The van der Waals surface area contributed by atoms with E-state index in [4.69, 9.17) is 14.2 Å². The van der Waals surface area contributed by atoms with Gasteiger partial charge in [0.1, 0.15) is 0 Å². The predicted molar refractivity (Wildman–Crippen MR) is 248 cm³/mol. The summed E-state index contributed by atoms with van der Waals surface area (Å²) in [6, 6.07) is 22.9. The van der Waals surface area contributed by atoms with E-state index < -0.39 is 24.0 Å². The SMILES string of the molecule is CCCCCCCCOc1ccc(C2(c3ccc(OCCCCCCCC)cc3)Oc3cc(C)sc3-c3s[c]([Sn]([CH2]CCC)([CH2]CCC)[CH2]CCC)cc32)cc1. The Morgan fingerprint density at radius 2 is 0.964 bits per heavy atom. The van der Waals surface area contributed by atoms with Gasteiger partial charge in [0, 0.05) is 0 Å². The van der Waals surface area contributed by atoms with Crippen LogP contribution in [0.4, 0.5) is 0 Å². The Balaban J connectivity index is 1.55. The van der Waals surface area contributed by atoms with Crippen LogP contribution in [0.5, 0.6) is 17.2 Å². The van der Waals surface area contributed by atoms with Crippen molar-refractivity contribution in [2.75, 3.05) is 13.2 Å². The summed E-state index contributed by atoms with van der Waals surface area (Å²) in [5.41, 5.74) is 2.92. The third-order valence-electron chi connectivity index (χ3n) is 12.0. The van der Waals surface area contributed by atoms with Gasteiger partial charge in [0.25, 0.3) is 0 Å². The van der Waals surface area contributed by atoms with Gasteiger partial charge in [0.05, 0.1) is 0 Å². The van der Waals surface area contributed by atoms with Gasteiger partial charge >= 0.3 is 291 Å². The van der Waals surface area contributed by atoms with Crippen molar-refractivity contribution in [3.8, 4) is 27.0 Å². The van der Waals surface area contributed by atoms with Crippen molar-refractivity contribution in [1.29, 1.82) is 0 Å². The third-order valence-corrected chi connectivity index (χ3v) is 32.5. The molecule has 308 valence electrons. The molecule has 3 nitrogen and oxygen atoms in total. The van der Waals surface area contributed by atoms with E-state index in [1.54, 1.807) is 2.89 Å². The van der Waals surface area contributed by atoms with E-state index in [-0.39, 0.29) is 0 Å². The average molecular weight is 906 g/mol. The van der Waals surface area contributed by atoms with Crippen molar-refractivity contribution in [3.05, 3.63) is 82.2 Å². The topological polar surface area (TPSA) is 27.7 Å². The normalized spacial score (nSPS) is 13.3. The van der Waals surface area contributed by atoms with Crippen molar-refractivity contribution >= 4 is 43.9 Å². The number of aryl methyl sites for hydroxylation is 1. The molecule has 0 bridgehead atoms. The zero-order chi connectivity index (χ0) is 39.6. The van der Waals surface area contributed by atoms with E-state index >= 15 is 0 Å². The van der Waals surface area contributed by atoms with Gasteiger partial charge in [-0.05, 0) is 0 Å². The van der Waals surface area contributed by atoms with Gasteiger partial charge in [-0.3, -0.25) is 0 Å². The summed E-state index contributed by atoms with van der Waals surface area (Å²) < 4.78 is 26.3. The van der Waals surface area contributed by atoms with Gasteiger partial charge in [-0.15, -0.1) is 0 Å². The number of hydrogen-bond acceptors (Lipinski definition) is 5. The summed E-state index contributed by atoms with van der Waals surface area (Å²) in [7, 11) is 0. The minimum atomic E-state index is -2.78. The van der Waals surface area contributed by atoms with Crippen LogP contribution in [-0.4, -0.2) is 31.6 Å². The summed E-state index contributed by atoms with van der Waals surface area (Å²) in [6.45, 7) is 15.5. The van der Waals surface area contributed by atoms with E-state index in [1.807, 2.05) is 11.3 Å². The minimum absolute atomic E-state index is 0.766. The van der Waals surface area contributed by atoms with Crippen molar-refractivity contribution in [1.82, 2.24) is 0 Å². The second-order valence-electron chi connectivity index (χ2n) is 16.6. The van der Waals surface area contributed by atoms with Crippen LogP contribution < -0.4 is 17.1 Å². The monoisotopic (exact) mass is 906 g/mol. The molecule has 0 amide bonds. The molecule has 6 heteroatoms. The number of rotatable bonds is 28. The number of benzene rings is 2. The first kappa shape index (κ1) is 45.1. The number of ether oxygens (including phenoxy) is 3. The molecule has 0 radical (unpaired) electrons. The molecule has 1 aliphatic heterocycles. The maximum absolute atomic E-state index is 7.54. The van der Waals surface area contributed by atoms with Gasteiger partial charge in [0.15, 0.2) is 0 Å². The van der Waals surface area contributed by atoms with Crippen LogP contribution in [0.1, 0.15) is 172 Å². The van der Waals surface area contributed by atoms with Crippen LogP contribution in [0.2, 0.25) is 13.3 Å². The fourth-order valence-electron chi connectivity index (χ4n) is 8.63. The molecule has 0 aliphatic carbocycles. The molecule has 56 heavy (non-hydrogen) atoms. The van der Waals surface area contributed by atoms with Gasteiger partial charge in [-0.2, -0.15) is 0 Å². The molecule has 0 saturated heterocycles. The molecule has 2 aromatic heterocycles. The van der Waals surface area contributed by atoms with E-state index in [1.165, 1.54) is 147 Å². The first-order valence-electron chi connectivity index (χ1n) is 22.9. The first-order chi connectivity index (χ1) is 27.4. The molecule has 3 heterocycles. The summed E-state index contributed by atoms with van der Waals surface area (Å²) >= 11 is 1.29. The first-order valence-corrected chi connectivity index (χ1v) is 32.0. The zero-order valence-electron chi connectivity index (χ0n) is 36.1. The maximum atomic E-state index is 7.54. The Kier molecular flexibility index (Phi) is 19.0. The number of thiophene rings is 2. The molecule has 0 unspecified atom stereocenters. The third kappa shape index (κ3) is 11.6. The molecular formula is C50H74O3S2Sn. The molecule has 0 atom stereocenters. The Morgan fingerprint density at radius 3 is 1.43 bits per heavy atom. The molecule has 1 aliphatic rings. The Labute approximate surface area is 354 Å². The van der Waals surface area contributed by atoms with Gasteiger partial charge in [-0.1, -0.05) is 65.2 Å². The van der Waals surface area contributed by atoms with Crippen molar-refractivity contribution in [3.63, 3.8) is 0 Å². The predicted octanol–water partition coefficient (Wildman–Crippen LogP) is 16.0. The Bertz CT molecular complexity index is 1600. The molecule has 0 saturated carbocycles.